The third-order valence-electron chi connectivity index (χ3n) is 12.4. The van der Waals surface area contributed by atoms with Crippen LogP contribution in [-0.4, -0.2) is 15.7 Å². The molecule has 0 saturated carbocycles. The third kappa shape index (κ3) is 3.78. The molecule has 0 amide bonds. The lowest BCUT2D eigenvalue weighted by molar-refractivity contribution is 0.669. The van der Waals surface area contributed by atoms with Gasteiger partial charge in [-0.05, 0) is 85.7 Å². The third-order valence-corrected chi connectivity index (χ3v) is 12.4. The maximum atomic E-state index is 10.3. The summed E-state index contributed by atoms with van der Waals surface area (Å²) in [4.78, 5) is 0. The Labute approximate surface area is 314 Å². The van der Waals surface area contributed by atoms with Gasteiger partial charge >= 0.3 is 0 Å². The van der Waals surface area contributed by atoms with E-state index in [1.165, 1.54) is 54.6 Å². The van der Waals surface area contributed by atoms with Crippen LogP contribution >= 0.6 is 0 Å². The van der Waals surface area contributed by atoms with Crippen LogP contribution in [0.5, 0.6) is 0 Å². The van der Waals surface area contributed by atoms with E-state index < -0.39 is 0 Å². The molecular formula is C50H37BN2O. The summed E-state index contributed by atoms with van der Waals surface area (Å²) in [5.41, 5.74) is 13.8. The first-order chi connectivity index (χ1) is 26.9. The number of fused-ring (bicyclic) bond motifs is 15. The van der Waals surface area contributed by atoms with E-state index in [4.69, 9.17) is 4.42 Å². The molecule has 0 aliphatic carbocycles. The molecule has 0 saturated heterocycles. The summed E-state index contributed by atoms with van der Waals surface area (Å²) >= 11 is 0. The molecule has 0 bridgehead atoms. The Morgan fingerprint density at radius 2 is 1.20 bits per heavy atom. The molecule has 54 heavy (non-hydrogen) atoms. The standard InChI is InChI=1S/C50H37BN2O/c1-28(2)31-19-12-20-32(29(3)4)48(31)51-40-24-23-30-13-11-21-42-47(30)50(40)53(43-25-38-36-17-9-10-22-44(36)54-45(38)27-41(43)51)46-26-39-35-16-6-5-14-33(35)34-15-7-8-18-37(34)49(39)52(42)46/h5-29H,1-4H3/i26D. The van der Waals surface area contributed by atoms with Crippen LogP contribution in [-0.2, 0) is 0 Å². The Kier molecular flexibility index (Phi) is 5.78. The number of nitrogens with zero attached hydrogens (tertiary/aromatic N) is 2. The number of hydrogen-bond acceptors (Lipinski definition) is 1. The van der Waals surface area contributed by atoms with E-state index in [2.05, 4.69) is 170 Å². The second-order valence-electron chi connectivity index (χ2n) is 15.9. The van der Waals surface area contributed by atoms with Crippen molar-refractivity contribution in [3.63, 3.8) is 0 Å². The van der Waals surface area contributed by atoms with Crippen LogP contribution in [0.3, 0.4) is 0 Å². The molecule has 3 aromatic heterocycles. The van der Waals surface area contributed by atoms with Crippen molar-refractivity contribution in [2.24, 2.45) is 0 Å². The van der Waals surface area contributed by atoms with Crippen LogP contribution in [0.25, 0.3) is 87.5 Å². The van der Waals surface area contributed by atoms with Gasteiger partial charge < -0.3 is 4.42 Å². The van der Waals surface area contributed by atoms with Crippen LogP contribution in [0.2, 0.25) is 0 Å². The van der Waals surface area contributed by atoms with Crippen LogP contribution in [0.1, 0.15) is 52.0 Å². The zero-order chi connectivity index (χ0) is 36.9. The van der Waals surface area contributed by atoms with Crippen molar-refractivity contribution in [3.05, 3.63) is 151 Å². The molecule has 4 heterocycles. The molecule has 0 radical (unpaired) electrons. The van der Waals surface area contributed by atoms with Gasteiger partial charge in [-0.2, -0.15) is 0 Å². The van der Waals surface area contributed by atoms with Gasteiger partial charge in [0, 0.05) is 32.6 Å². The molecule has 0 N–H and O–H groups in total. The van der Waals surface area contributed by atoms with Gasteiger partial charge in [0.1, 0.15) is 16.8 Å². The predicted molar refractivity (Wildman–Crippen MR) is 231 cm³/mol. The van der Waals surface area contributed by atoms with Crippen molar-refractivity contribution in [2.75, 3.05) is 0 Å². The van der Waals surface area contributed by atoms with E-state index in [9.17, 15) is 1.37 Å². The Balaban J connectivity index is 1.39. The molecule has 8 aromatic carbocycles. The van der Waals surface area contributed by atoms with E-state index in [0.29, 0.717) is 17.9 Å². The molecule has 1 aliphatic heterocycles. The molecule has 0 fully saturated rings. The van der Waals surface area contributed by atoms with Gasteiger partial charge in [0.05, 0.1) is 17.9 Å². The van der Waals surface area contributed by atoms with Crippen LogP contribution in [0, 0.1) is 0 Å². The minimum atomic E-state index is -0.0425. The number of aromatic nitrogens is 2. The molecule has 3 nitrogen and oxygen atoms in total. The van der Waals surface area contributed by atoms with E-state index in [1.54, 1.807) is 0 Å². The lowest BCUT2D eigenvalue weighted by atomic mass is 9.33. The largest absolute Gasteiger partial charge is 0.456 e. The molecule has 256 valence electrons. The van der Waals surface area contributed by atoms with Crippen molar-refractivity contribution in [2.45, 2.75) is 39.5 Å². The zero-order valence-electron chi connectivity index (χ0n) is 31.7. The molecule has 11 aromatic rings. The van der Waals surface area contributed by atoms with Crippen molar-refractivity contribution >= 4 is 105 Å². The van der Waals surface area contributed by atoms with Crippen molar-refractivity contribution < 1.29 is 5.79 Å². The molecule has 0 spiro atoms. The number of benzene rings is 8. The van der Waals surface area contributed by atoms with E-state index >= 15 is 0 Å². The average Bonchev–Trinajstić information content (AvgIpc) is 3.73. The number of para-hydroxylation sites is 1. The second kappa shape index (κ2) is 10.7. The maximum Gasteiger partial charge on any atom is 0.247 e. The highest BCUT2D eigenvalue weighted by Crippen LogP contribution is 2.42. The highest BCUT2D eigenvalue weighted by Gasteiger charge is 2.38. The van der Waals surface area contributed by atoms with E-state index in [-0.39, 0.29) is 6.71 Å². The lowest BCUT2D eigenvalue weighted by Gasteiger charge is -2.33. The average molecular weight is 694 g/mol. The van der Waals surface area contributed by atoms with Gasteiger partial charge in [-0.25, -0.2) is 0 Å². The zero-order valence-corrected chi connectivity index (χ0v) is 30.7. The maximum absolute atomic E-state index is 10.3. The summed E-state index contributed by atoms with van der Waals surface area (Å²) in [5.74, 6) is 0.669. The normalized spacial score (nSPS) is 13.4. The molecule has 1 aliphatic rings. The van der Waals surface area contributed by atoms with Gasteiger partial charge in [-0.3, -0.25) is 8.97 Å². The van der Waals surface area contributed by atoms with Crippen LogP contribution < -0.4 is 16.4 Å². The Bertz CT molecular complexity index is 3450. The summed E-state index contributed by atoms with van der Waals surface area (Å²) in [7, 11) is 0. The smallest absolute Gasteiger partial charge is 0.247 e. The lowest BCUT2D eigenvalue weighted by Crippen LogP contribution is -2.58. The molecule has 0 unspecified atom stereocenters. The number of furan rings is 1. The number of hydrogen-bond donors (Lipinski definition) is 0. The summed E-state index contributed by atoms with van der Waals surface area (Å²) in [6, 6.07) is 49.3. The Morgan fingerprint density at radius 1 is 0.556 bits per heavy atom. The van der Waals surface area contributed by atoms with Gasteiger partial charge in [-0.1, -0.05) is 142 Å². The molecule has 0 atom stereocenters. The Morgan fingerprint density at radius 3 is 1.94 bits per heavy atom. The summed E-state index contributed by atoms with van der Waals surface area (Å²) in [6.45, 7) is 9.25. The first kappa shape index (κ1) is 29.2. The van der Waals surface area contributed by atoms with Gasteiger partial charge in [0.2, 0.25) is 6.71 Å². The second-order valence-corrected chi connectivity index (χ2v) is 15.9. The summed E-state index contributed by atoms with van der Waals surface area (Å²) < 4.78 is 21.9. The van der Waals surface area contributed by atoms with Gasteiger partial charge in [0.25, 0.3) is 0 Å². The predicted octanol–water partition coefficient (Wildman–Crippen LogP) is 11.5. The SMILES string of the molecule is [2H]c1c2c3ccccc3c3ccccc3c2n2c3cccc4ccc5c(c43)n(c12)-c1cc2c(cc1B5c1c(C(C)C)cccc1C(C)C)oc1ccccc12. The monoisotopic (exact) mass is 693 g/mol. The minimum absolute atomic E-state index is 0.0425. The van der Waals surface area contributed by atoms with Gasteiger partial charge in [-0.15, -0.1) is 0 Å². The highest BCUT2D eigenvalue weighted by atomic mass is 16.3. The van der Waals surface area contributed by atoms with E-state index in [1.807, 2.05) is 0 Å². The van der Waals surface area contributed by atoms with Crippen molar-refractivity contribution in [1.82, 2.24) is 8.97 Å². The number of rotatable bonds is 3. The first-order valence-corrected chi connectivity index (χ1v) is 19.3. The van der Waals surface area contributed by atoms with Crippen molar-refractivity contribution in [3.8, 4) is 5.69 Å². The fourth-order valence-corrected chi connectivity index (χ4v) is 10.1. The minimum Gasteiger partial charge on any atom is -0.456 e. The highest BCUT2D eigenvalue weighted by molar-refractivity contribution is 6.98. The van der Waals surface area contributed by atoms with Gasteiger partial charge in [0.15, 0.2) is 0 Å². The van der Waals surface area contributed by atoms with Crippen LogP contribution in [0.4, 0.5) is 0 Å². The topological polar surface area (TPSA) is 22.5 Å². The summed E-state index contributed by atoms with van der Waals surface area (Å²) in [6.07, 6.45) is 0. The quantitative estimate of drug-likeness (QED) is 0.133. The Hall–Kier alpha value is -6.26. The van der Waals surface area contributed by atoms with E-state index in [0.717, 1.165) is 60.5 Å². The molecule has 4 heteroatoms. The van der Waals surface area contributed by atoms with Crippen molar-refractivity contribution in [1.29, 1.82) is 0 Å². The molecule has 12 rings (SSSR count). The fourth-order valence-electron chi connectivity index (χ4n) is 10.1. The van der Waals surface area contributed by atoms with Crippen LogP contribution in [0.15, 0.2) is 144 Å². The summed E-state index contributed by atoms with van der Waals surface area (Å²) in [5, 5.41) is 10.3. The fraction of sp³-hybridized carbons (Fsp3) is 0.120. The first-order valence-electron chi connectivity index (χ1n) is 19.8. The molecular weight excluding hydrogens is 655 g/mol.